The molecule has 174 valence electrons. The van der Waals surface area contributed by atoms with E-state index in [0.717, 1.165) is 27.5 Å². The Kier molecular flexibility index (Phi) is 9.55. The van der Waals surface area contributed by atoms with Crippen molar-refractivity contribution in [1.29, 1.82) is 0 Å². The molecule has 1 atom stereocenters. The molecule has 1 amide bonds. The maximum absolute atomic E-state index is 12.7. The van der Waals surface area contributed by atoms with E-state index in [-0.39, 0.29) is 24.1 Å². The molecular weight excluding hydrogens is 517 g/mol. The summed E-state index contributed by atoms with van der Waals surface area (Å²) in [5.41, 5.74) is 1.11. The van der Waals surface area contributed by atoms with E-state index in [4.69, 9.17) is 9.47 Å². The molecule has 0 aliphatic rings. The first-order chi connectivity index (χ1) is 15.1. The molecule has 0 aromatic heterocycles. The van der Waals surface area contributed by atoms with Crippen LogP contribution in [0.4, 0.5) is 4.79 Å². The monoisotopic (exact) mass is 551 g/mol. The molecule has 0 aliphatic carbocycles. The maximum atomic E-state index is 12.7. The van der Waals surface area contributed by atoms with Crippen LogP contribution in [0.15, 0.2) is 54.6 Å². The fourth-order valence-corrected chi connectivity index (χ4v) is 4.50. The summed E-state index contributed by atoms with van der Waals surface area (Å²) in [5, 5.41) is 0. The van der Waals surface area contributed by atoms with E-state index >= 15 is 0 Å². The second kappa shape index (κ2) is 11.7. The van der Waals surface area contributed by atoms with Crippen LogP contribution in [0.25, 0.3) is 0 Å². The number of nitrogens with zero attached hydrogens (tertiary/aromatic N) is 1. The Hall–Kier alpha value is -2.09. The molecule has 2 aromatic rings. The number of esters is 1. The molecule has 2 aromatic carbocycles. The number of halogens is 1. The quantitative estimate of drug-likeness (QED) is 0.261. The number of rotatable bonds is 10. The molecule has 5 nitrogen and oxygen atoms in total. The van der Waals surface area contributed by atoms with Gasteiger partial charge in [0.25, 0.3) is 0 Å². The topological polar surface area (TPSA) is 55.8 Å². The van der Waals surface area contributed by atoms with Gasteiger partial charge in [-0.05, 0) is 71.0 Å². The van der Waals surface area contributed by atoms with E-state index in [0.29, 0.717) is 13.0 Å². The van der Waals surface area contributed by atoms with E-state index in [1.165, 1.54) is 7.11 Å². The van der Waals surface area contributed by atoms with E-state index in [2.05, 4.69) is 36.4 Å². The van der Waals surface area contributed by atoms with Crippen molar-refractivity contribution in [2.75, 3.05) is 20.7 Å². The summed E-state index contributed by atoms with van der Waals surface area (Å²) in [7, 11) is 3.20. The Balaban J connectivity index is 1.92. The molecule has 0 heterocycles. The fourth-order valence-electron chi connectivity index (χ4n) is 3.96. The number of carbonyl (C=O) groups is 2. The first-order valence-corrected chi connectivity index (χ1v) is 11.9. The zero-order valence-corrected chi connectivity index (χ0v) is 21.8. The van der Waals surface area contributed by atoms with Gasteiger partial charge < -0.3 is 14.4 Å². The highest BCUT2D eigenvalue weighted by atomic mass is 127. The van der Waals surface area contributed by atoms with Crippen molar-refractivity contribution in [2.45, 2.75) is 52.1 Å². The van der Waals surface area contributed by atoms with Crippen LogP contribution in [-0.4, -0.2) is 37.7 Å². The predicted octanol–water partition coefficient (Wildman–Crippen LogP) is 6.19. The van der Waals surface area contributed by atoms with Crippen molar-refractivity contribution in [3.8, 4) is 0 Å². The minimum Gasteiger partial charge on any atom is -0.468 e. The van der Waals surface area contributed by atoms with Crippen LogP contribution in [0.2, 0.25) is 0 Å². The summed E-state index contributed by atoms with van der Waals surface area (Å²) >= 11 is 2.26. The number of methoxy groups -OCH3 is 1. The van der Waals surface area contributed by atoms with E-state index in [9.17, 15) is 9.59 Å². The van der Waals surface area contributed by atoms with E-state index in [1.54, 1.807) is 11.9 Å². The number of hydrogen-bond acceptors (Lipinski definition) is 4. The molecule has 6 heteroatoms. The average molecular weight is 551 g/mol. The Bertz CT molecular complexity index is 900. The van der Waals surface area contributed by atoms with Crippen LogP contribution in [0.3, 0.4) is 0 Å². The number of amides is 1. The highest BCUT2D eigenvalue weighted by molar-refractivity contribution is 14.1. The van der Waals surface area contributed by atoms with Gasteiger partial charge >= 0.3 is 12.1 Å². The van der Waals surface area contributed by atoms with E-state index < -0.39 is 5.41 Å². The third-order valence-electron chi connectivity index (χ3n) is 5.81. The zero-order chi connectivity index (χ0) is 23.8. The third kappa shape index (κ3) is 7.50. The highest BCUT2D eigenvalue weighted by Crippen LogP contribution is 2.34. The molecule has 0 bridgehead atoms. The summed E-state index contributed by atoms with van der Waals surface area (Å²) in [5.74, 6) is -0.223. The number of ether oxygens (including phenoxy) is 2. The summed E-state index contributed by atoms with van der Waals surface area (Å²) in [6.07, 6.45) is 2.03. The van der Waals surface area contributed by atoms with Gasteiger partial charge in [-0.1, -0.05) is 62.7 Å². The van der Waals surface area contributed by atoms with Gasteiger partial charge in [-0.15, -0.1) is 0 Å². The standard InChI is InChI=1S/C26H34INO4/c1-25(2,19-28(4)24(30)32-18-20-11-7-6-8-12-20)15-10-16-26(3,23(29)31-5)21-13-9-14-22(27)17-21/h6-9,11-14,17H,10,15-16,18-19H2,1-5H3. The average Bonchev–Trinajstić information content (AvgIpc) is 2.76. The third-order valence-corrected chi connectivity index (χ3v) is 6.48. The minimum absolute atomic E-state index is 0.122. The lowest BCUT2D eigenvalue weighted by atomic mass is 9.76. The first-order valence-electron chi connectivity index (χ1n) is 10.8. The van der Waals surface area contributed by atoms with Gasteiger partial charge in [0.05, 0.1) is 12.5 Å². The number of benzene rings is 2. The van der Waals surface area contributed by atoms with Crippen molar-refractivity contribution in [2.24, 2.45) is 5.41 Å². The van der Waals surface area contributed by atoms with Crippen LogP contribution < -0.4 is 0 Å². The zero-order valence-electron chi connectivity index (χ0n) is 19.7. The number of hydrogen-bond donors (Lipinski definition) is 0. The van der Waals surface area contributed by atoms with Crippen LogP contribution >= 0.6 is 22.6 Å². The van der Waals surface area contributed by atoms with Gasteiger partial charge in [0.1, 0.15) is 6.61 Å². The molecule has 0 radical (unpaired) electrons. The summed E-state index contributed by atoms with van der Waals surface area (Å²) in [6.45, 7) is 7.05. The van der Waals surface area contributed by atoms with Crippen molar-refractivity contribution < 1.29 is 19.1 Å². The van der Waals surface area contributed by atoms with Crippen molar-refractivity contribution >= 4 is 34.7 Å². The van der Waals surface area contributed by atoms with Gasteiger partial charge in [0, 0.05) is 17.2 Å². The van der Waals surface area contributed by atoms with Gasteiger partial charge in [0.15, 0.2) is 0 Å². The van der Waals surface area contributed by atoms with E-state index in [1.807, 2.05) is 61.5 Å². The molecule has 0 spiro atoms. The largest absolute Gasteiger partial charge is 0.468 e. The van der Waals surface area contributed by atoms with Gasteiger partial charge in [-0.2, -0.15) is 0 Å². The second-order valence-electron chi connectivity index (χ2n) is 9.25. The smallest absolute Gasteiger partial charge is 0.409 e. The molecule has 0 saturated carbocycles. The lowest BCUT2D eigenvalue weighted by molar-refractivity contribution is -0.147. The van der Waals surface area contributed by atoms with Crippen molar-refractivity contribution in [1.82, 2.24) is 4.90 Å². The second-order valence-corrected chi connectivity index (χ2v) is 10.5. The Morgan fingerprint density at radius 2 is 1.69 bits per heavy atom. The van der Waals surface area contributed by atoms with Crippen molar-refractivity contribution in [3.63, 3.8) is 0 Å². The fraction of sp³-hybridized carbons (Fsp3) is 0.462. The van der Waals surface area contributed by atoms with Crippen LogP contribution in [-0.2, 0) is 26.3 Å². The maximum Gasteiger partial charge on any atom is 0.409 e. The molecule has 2 rings (SSSR count). The van der Waals surface area contributed by atoms with Gasteiger partial charge in [-0.3, -0.25) is 4.79 Å². The predicted molar refractivity (Wildman–Crippen MR) is 135 cm³/mol. The molecule has 0 aliphatic heterocycles. The normalized spacial score (nSPS) is 13.2. The molecule has 1 unspecified atom stereocenters. The Labute approximate surface area is 205 Å². The minimum atomic E-state index is -0.702. The SMILES string of the molecule is COC(=O)C(C)(CCCC(C)(C)CN(C)C(=O)OCc1ccccc1)c1cccc(I)c1. The van der Waals surface area contributed by atoms with Gasteiger partial charge in [0.2, 0.25) is 0 Å². The Morgan fingerprint density at radius 1 is 1.00 bits per heavy atom. The van der Waals surface area contributed by atoms with Crippen LogP contribution in [0.5, 0.6) is 0 Å². The molecular formula is C26H34INO4. The lowest BCUT2D eigenvalue weighted by Gasteiger charge is -2.32. The van der Waals surface area contributed by atoms with Crippen LogP contribution in [0.1, 0.15) is 51.2 Å². The first kappa shape index (κ1) is 26.2. The summed E-state index contributed by atoms with van der Waals surface area (Å²) in [6, 6.07) is 17.7. The number of carbonyl (C=O) groups excluding carboxylic acids is 2. The van der Waals surface area contributed by atoms with Crippen LogP contribution in [0, 0.1) is 8.99 Å². The van der Waals surface area contributed by atoms with Crippen molar-refractivity contribution in [3.05, 3.63) is 69.3 Å². The molecule has 0 saturated heterocycles. The molecule has 0 fully saturated rings. The Morgan fingerprint density at radius 3 is 2.31 bits per heavy atom. The molecule has 0 N–H and O–H groups in total. The van der Waals surface area contributed by atoms with Gasteiger partial charge in [-0.25, -0.2) is 4.79 Å². The highest BCUT2D eigenvalue weighted by Gasteiger charge is 2.36. The molecule has 32 heavy (non-hydrogen) atoms. The summed E-state index contributed by atoms with van der Waals surface area (Å²) < 4.78 is 11.7. The summed E-state index contributed by atoms with van der Waals surface area (Å²) in [4.78, 5) is 26.7. The lowest BCUT2D eigenvalue weighted by Crippen LogP contribution is -2.37.